The summed E-state index contributed by atoms with van der Waals surface area (Å²) in [6.45, 7) is 4.38. The molecule has 0 bridgehead atoms. The molecule has 9 heteroatoms. The Hall–Kier alpha value is -2.05. The van der Waals surface area contributed by atoms with E-state index in [1.807, 2.05) is 13.8 Å². The van der Waals surface area contributed by atoms with Gasteiger partial charge in [0.2, 0.25) is 5.91 Å². The third kappa shape index (κ3) is 4.49. The van der Waals surface area contributed by atoms with E-state index in [1.165, 1.54) is 33.9 Å². The molecule has 4 nitrogen and oxygen atoms in total. The van der Waals surface area contributed by atoms with Crippen molar-refractivity contribution in [3.8, 4) is 11.5 Å². The lowest BCUT2D eigenvalue weighted by Crippen LogP contribution is -2.39. The number of nitrogens with one attached hydrogen (secondary N) is 1. The molecule has 1 amide bonds. The summed E-state index contributed by atoms with van der Waals surface area (Å²) in [7, 11) is 3.06. The van der Waals surface area contributed by atoms with Gasteiger partial charge in [-0.05, 0) is 29.7 Å². The minimum absolute atomic E-state index is 0.0112. The van der Waals surface area contributed by atoms with E-state index in [1.54, 1.807) is 0 Å². The van der Waals surface area contributed by atoms with Crippen LogP contribution < -0.4 is 14.8 Å². The highest BCUT2D eigenvalue weighted by atomic mass is 19.4. The zero-order chi connectivity index (χ0) is 18.1. The van der Waals surface area contributed by atoms with Crippen molar-refractivity contribution < 1.29 is 27.4 Å². The maximum atomic E-state index is 13.2. The summed E-state index contributed by atoms with van der Waals surface area (Å²) in [5, 5.41) is 2.66. The molecule has 2 rings (SSSR count). The smallest absolute Gasteiger partial charge is 0.420 e. The standard InChI is InChI=1S/C15H18B2F3NO3/c1-8(2)7-21-12(22)4-3-9-5-10(14(18,19)20)13-11(6-9)23-15(16,17)24-13/h3-6,8H,7,16-17H2,1-2H3,(H,21,22)/b4-3+. The van der Waals surface area contributed by atoms with E-state index in [0.29, 0.717) is 6.54 Å². The van der Waals surface area contributed by atoms with Crippen molar-refractivity contribution in [2.45, 2.75) is 25.6 Å². The second kappa shape index (κ2) is 6.45. The summed E-state index contributed by atoms with van der Waals surface area (Å²) in [5.74, 6) is -0.395. The lowest BCUT2D eigenvalue weighted by atomic mass is 9.76. The van der Waals surface area contributed by atoms with Crippen molar-refractivity contribution in [3.63, 3.8) is 0 Å². The molecule has 0 spiro atoms. The van der Waals surface area contributed by atoms with Gasteiger partial charge in [-0.15, -0.1) is 0 Å². The predicted octanol–water partition coefficient (Wildman–Crippen LogP) is 1.14. The SMILES string of the molecule is BC1(B)Oc2cc(/C=C/C(=O)NCC(C)C)cc(C(F)(F)F)c2O1. The van der Waals surface area contributed by atoms with Crippen LogP contribution in [0.1, 0.15) is 25.0 Å². The molecular formula is C15H18B2F3NO3. The molecule has 0 unspecified atom stereocenters. The third-order valence-corrected chi connectivity index (χ3v) is 3.20. The van der Waals surface area contributed by atoms with Gasteiger partial charge in [-0.3, -0.25) is 4.79 Å². The molecule has 0 saturated carbocycles. The average molecular weight is 339 g/mol. The first kappa shape index (κ1) is 18.3. The van der Waals surface area contributed by atoms with Gasteiger partial charge in [0.15, 0.2) is 32.8 Å². The number of carbonyl (C=O) groups excluding carboxylic acids is 1. The maximum Gasteiger partial charge on any atom is 0.420 e. The molecule has 128 valence electrons. The molecule has 1 aromatic carbocycles. The van der Waals surface area contributed by atoms with Crippen LogP contribution in [-0.4, -0.2) is 33.7 Å². The first-order valence-electron chi connectivity index (χ1n) is 7.57. The van der Waals surface area contributed by atoms with Crippen molar-refractivity contribution in [3.05, 3.63) is 29.3 Å². The topological polar surface area (TPSA) is 47.6 Å². The molecule has 0 aliphatic carbocycles. The van der Waals surface area contributed by atoms with E-state index in [9.17, 15) is 18.0 Å². The quantitative estimate of drug-likeness (QED) is 0.661. The highest BCUT2D eigenvalue weighted by molar-refractivity contribution is 6.38. The number of benzene rings is 1. The highest BCUT2D eigenvalue weighted by Gasteiger charge is 2.42. The Kier molecular flexibility index (Phi) is 4.92. The van der Waals surface area contributed by atoms with Gasteiger partial charge < -0.3 is 14.8 Å². The van der Waals surface area contributed by atoms with Gasteiger partial charge in [0.25, 0.3) is 0 Å². The molecule has 0 saturated heterocycles. The number of carbonyl (C=O) groups is 1. The number of alkyl halides is 3. The van der Waals surface area contributed by atoms with Gasteiger partial charge in [-0.2, -0.15) is 13.2 Å². The molecule has 1 N–H and O–H groups in total. The first-order chi connectivity index (χ1) is 11.0. The van der Waals surface area contributed by atoms with Gasteiger partial charge in [0, 0.05) is 12.6 Å². The van der Waals surface area contributed by atoms with Crippen molar-refractivity contribution in [2.75, 3.05) is 6.54 Å². The third-order valence-electron chi connectivity index (χ3n) is 3.20. The van der Waals surface area contributed by atoms with Gasteiger partial charge in [-0.1, -0.05) is 13.8 Å². The summed E-state index contributed by atoms with van der Waals surface area (Å²) in [5.41, 5.74) is -1.88. The Balaban J connectivity index is 2.28. The zero-order valence-electron chi connectivity index (χ0n) is 14.0. The number of amides is 1. The van der Waals surface area contributed by atoms with Crippen LogP contribution in [0.4, 0.5) is 13.2 Å². The van der Waals surface area contributed by atoms with Gasteiger partial charge in [-0.25, -0.2) is 0 Å². The number of hydrogen-bond acceptors (Lipinski definition) is 3. The first-order valence-corrected chi connectivity index (χ1v) is 7.57. The van der Waals surface area contributed by atoms with Crippen LogP contribution in [0.3, 0.4) is 0 Å². The Morgan fingerprint density at radius 3 is 2.58 bits per heavy atom. The second-order valence-electron chi connectivity index (χ2n) is 6.47. The van der Waals surface area contributed by atoms with E-state index >= 15 is 0 Å². The van der Waals surface area contributed by atoms with Crippen molar-refractivity contribution >= 4 is 27.7 Å². The minimum Gasteiger partial charge on any atom is -0.467 e. The maximum absolute atomic E-state index is 13.2. The van der Waals surface area contributed by atoms with Gasteiger partial charge in [0.1, 0.15) is 5.56 Å². The fourth-order valence-corrected chi connectivity index (χ4v) is 2.18. The lowest BCUT2D eigenvalue weighted by molar-refractivity contribution is -0.139. The van der Waals surface area contributed by atoms with Crippen LogP contribution in [0.25, 0.3) is 6.08 Å². The van der Waals surface area contributed by atoms with Crippen LogP contribution >= 0.6 is 0 Å². The van der Waals surface area contributed by atoms with Crippen molar-refractivity contribution in [1.82, 2.24) is 5.32 Å². The Morgan fingerprint density at radius 2 is 2.00 bits per heavy atom. The number of hydrogen-bond donors (Lipinski definition) is 1. The Morgan fingerprint density at radius 1 is 1.33 bits per heavy atom. The normalized spacial score (nSPS) is 15.9. The second-order valence-corrected chi connectivity index (χ2v) is 6.47. The largest absolute Gasteiger partial charge is 0.467 e. The van der Waals surface area contributed by atoms with Crippen LogP contribution in [0.2, 0.25) is 0 Å². The number of rotatable bonds is 4. The summed E-state index contributed by atoms with van der Waals surface area (Å²) >= 11 is 0. The number of fused-ring (bicyclic) bond motifs is 1. The minimum atomic E-state index is -4.59. The molecule has 0 atom stereocenters. The molecule has 0 fully saturated rings. The van der Waals surface area contributed by atoms with E-state index in [-0.39, 0.29) is 28.9 Å². The van der Waals surface area contributed by atoms with E-state index in [4.69, 9.17) is 9.47 Å². The fraction of sp³-hybridized carbons (Fsp3) is 0.400. The van der Waals surface area contributed by atoms with Gasteiger partial charge in [0.05, 0.1) is 0 Å². The molecular weight excluding hydrogens is 321 g/mol. The summed E-state index contributed by atoms with van der Waals surface area (Å²) in [6.07, 6.45) is -2.07. The molecule has 1 aliphatic rings. The predicted molar refractivity (Wildman–Crippen MR) is 89.4 cm³/mol. The van der Waals surface area contributed by atoms with Crippen LogP contribution in [0, 0.1) is 5.92 Å². The van der Waals surface area contributed by atoms with Crippen LogP contribution in [0.5, 0.6) is 11.5 Å². The molecule has 0 aromatic heterocycles. The van der Waals surface area contributed by atoms with Crippen LogP contribution in [0.15, 0.2) is 18.2 Å². The van der Waals surface area contributed by atoms with Crippen molar-refractivity contribution in [2.24, 2.45) is 5.92 Å². The van der Waals surface area contributed by atoms with E-state index < -0.39 is 17.3 Å². The zero-order valence-corrected chi connectivity index (χ0v) is 14.0. The van der Waals surface area contributed by atoms with Crippen LogP contribution in [-0.2, 0) is 11.0 Å². The van der Waals surface area contributed by atoms with E-state index in [0.717, 1.165) is 6.07 Å². The Labute approximate surface area is 140 Å². The van der Waals surface area contributed by atoms with Gasteiger partial charge >= 0.3 is 6.18 Å². The average Bonchev–Trinajstić information content (AvgIpc) is 2.74. The fourth-order valence-electron chi connectivity index (χ4n) is 2.18. The lowest BCUT2D eigenvalue weighted by Gasteiger charge is -2.18. The molecule has 1 aliphatic heterocycles. The summed E-state index contributed by atoms with van der Waals surface area (Å²) in [4.78, 5) is 11.7. The highest BCUT2D eigenvalue weighted by Crippen LogP contribution is 2.47. The van der Waals surface area contributed by atoms with E-state index in [2.05, 4.69) is 5.32 Å². The van der Waals surface area contributed by atoms with Crippen molar-refractivity contribution in [1.29, 1.82) is 0 Å². The molecule has 1 aromatic rings. The monoisotopic (exact) mass is 339 g/mol. The summed E-state index contributed by atoms with van der Waals surface area (Å²) in [6, 6.07) is 2.36. The number of halogens is 3. The Bertz CT molecular complexity index is 673. The molecule has 0 radical (unpaired) electrons. The molecule has 24 heavy (non-hydrogen) atoms. The molecule has 1 heterocycles. The number of ether oxygens (including phenoxy) is 2. The summed E-state index contributed by atoms with van der Waals surface area (Å²) < 4.78 is 50.4.